The zero-order valence-corrected chi connectivity index (χ0v) is 12.3. The number of para-hydroxylation sites is 1. The molecule has 0 unspecified atom stereocenters. The van der Waals surface area contributed by atoms with Gasteiger partial charge in [0.15, 0.2) is 0 Å². The summed E-state index contributed by atoms with van der Waals surface area (Å²) in [5.74, 6) is 0.997. The van der Waals surface area contributed by atoms with Crippen molar-refractivity contribution in [2.75, 3.05) is 31.1 Å². The highest BCUT2D eigenvalue weighted by Crippen LogP contribution is 2.43. The van der Waals surface area contributed by atoms with Gasteiger partial charge < -0.3 is 14.9 Å². The molecular formula is C16H18N4O2. The summed E-state index contributed by atoms with van der Waals surface area (Å²) in [6.07, 6.45) is 2.71. The van der Waals surface area contributed by atoms with Crippen LogP contribution in [0.1, 0.15) is 12.8 Å². The van der Waals surface area contributed by atoms with E-state index in [0.29, 0.717) is 13.1 Å². The summed E-state index contributed by atoms with van der Waals surface area (Å²) in [5, 5.41) is 10.1. The van der Waals surface area contributed by atoms with E-state index in [-0.39, 0.29) is 5.41 Å². The van der Waals surface area contributed by atoms with Gasteiger partial charge in [-0.2, -0.15) is 0 Å². The molecule has 22 heavy (non-hydrogen) atoms. The Bertz CT molecular complexity index is 712. The van der Waals surface area contributed by atoms with Gasteiger partial charge in [-0.15, -0.1) is 0 Å². The molecule has 2 saturated heterocycles. The van der Waals surface area contributed by atoms with Crippen LogP contribution in [0, 0.1) is 5.41 Å². The van der Waals surface area contributed by atoms with Crippen LogP contribution >= 0.6 is 0 Å². The first-order valence-electron chi connectivity index (χ1n) is 7.60. The normalized spacial score (nSPS) is 20.2. The minimum atomic E-state index is -0.798. The zero-order chi connectivity index (χ0) is 15.2. The molecule has 114 valence electrons. The summed E-state index contributed by atoms with van der Waals surface area (Å²) in [5.41, 5.74) is 1.23. The summed E-state index contributed by atoms with van der Waals surface area (Å²) in [7, 11) is 0. The van der Waals surface area contributed by atoms with Crippen molar-refractivity contribution in [3.63, 3.8) is 0 Å². The molecule has 0 aliphatic carbocycles. The maximum absolute atomic E-state index is 11.0. The van der Waals surface area contributed by atoms with Gasteiger partial charge in [-0.3, -0.25) is 0 Å². The summed E-state index contributed by atoms with van der Waals surface area (Å²) >= 11 is 0. The number of likely N-dealkylation sites (tertiary alicyclic amines) is 1. The number of hydrogen-bond acceptors (Lipinski definition) is 4. The first-order valence-corrected chi connectivity index (χ1v) is 7.60. The van der Waals surface area contributed by atoms with E-state index in [1.54, 1.807) is 6.33 Å². The number of rotatable bonds is 1. The van der Waals surface area contributed by atoms with Crippen molar-refractivity contribution >= 4 is 22.8 Å². The Morgan fingerprint density at radius 3 is 2.59 bits per heavy atom. The third kappa shape index (κ3) is 2.06. The highest BCUT2D eigenvalue weighted by molar-refractivity contribution is 5.89. The lowest BCUT2D eigenvalue weighted by Crippen LogP contribution is -2.61. The SMILES string of the molecule is O=C(O)N1CCC2(CC1)CN(c1ncnc3ccccc13)C2. The van der Waals surface area contributed by atoms with E-state index in [1.165, 1.54) is 4.90 Å². The van der Waals surface area contributed by atoms with E-state index in [0.717, 1.165) is 42.7 Å². The Morgan fingerprint density at radius 2 is 1.86 bits per heavy atom. The van der Waals surface area contributed by atoms with Gasteiger partial charge in [-0.05, 0) is 25.0 Å². The topological polar surface area (TPSA) is 69.6 Å². The number of benzene rings is 1. The van der Waals surface area contributed by atoms with E-state index in [2.05, 4.69) is 20.9 Å². The van der Waals surface area contributed by atoms with Gasteiger partial charge in [-0.25, -0.2) is 14.8 Å². The van der Waals surface area contributed by atoms with Crippen LogP contribution < -0.4 is 4.90 Å². The molecule has 1 aromatic carbocycles. The third-order valence-electron chi connectivity index (χ3n) is 4.97. The number of anilines is 1. The molecule has 2 aliphatic heterocycles. The van der Waals surface area contributed by atoms with Crippen LogP contribution in [-0.2, 0) is 0 Å². The average molecular weight is 298 g/mol. The smallest absolute Gasteiger partial charge is 0.407 e. The number of piperidine rings is 1. The predicted octanol–water partition coefficient (Wildman–Crippen LogP) is 2.21. The minimum Gasteiger partial charge on any atom is -0.465 e. The second-order valence-corrected chi connectivity index (χ2v) is 6.34. The molecular weight excluding hydrogens is 280 g/mol. The molecule has 1 amide bonds. The van der Waals surface area contributed by atoms with Gasteiger partial charge in [0.2, 0.25) is 0 Å². The lowest BCUT2D eigenvalue weighted by Gasteiger charge is -2.54. The second-order valence-electron chi connectivity index (χ2n) is 6.34. The number of hydrogen-bond donors (Lipinski definition) is 1. The van der Waals surface area contributed by atoms with Gasteiger partial charge >= 0.3 is 6.09 Å². The van der Waals surface area contributed by atoms with E-state index in [4.69, 9.17) is 5.11 Å². The van der Waals surface area contributed by atoms with Gasteiger partial charge in [0.1, 0.15) is 12.1 Å². The summed E-state index contributed by atoms with van der Waals surface area (Å²) in [4.78, 5) is 23.6. The molecule has 6 nitrogen and oxygen atoms in total. The van der Waals surface area contributed by atoms with Crippen molar-refractivity contribution in [3.05, 3.63) is 30.6 Å². The fourth-order valence-electron chi connectivity index (χ4n) is 3.64. The zero-order valence-electron chi connectivity index (χ0n) is 12.3. The molecule has 2 aliphatic rings. The maximum Gasteiger partial charge on any atom is 0.407 e. The molecule has 1 spiro atoms. The number of carboxylic acid groups (broad SMARTS) is 1. The van der Waals surface area contributed by atoms with Crippen molar-refractivity contribution < 1.29 is 9.90 Å². The minimum absolute atomic E-state index is 0.262. The monoisotopic (exact) mass is 298 g/mol. The van der Waals surface area contributed by atoms with Crippen molar-refractivity contribution in [2.45, 2.75) is 12.8 Å². The highest BCUT2D eigenvalue weighted by atomic mass is 16.4. The lowest BCUT2D eigenvalue weighted by atomic mass is 9.72. The van der Waals surface area contributed by atoms with Crippen molar-refractivity contribution in [3.8, 4) is 0 Å². The highest BCUT2D eigenvalue weighted by Gasteiger charge is 2.46. The van der Waals surface area contributed by atoms with Gasteiger partial charge in [0.05, 0.1) is 5.52 Å². The molecule has 0 atom stereocenters. The Hall–Kier alpha value is -2.37. The van der Waals surface area contributed by atoms with Crippen LogP contribution in [0.2, 0.25) is 0 Å². The maximum atomic E-state index is 11.0. The Kier molecular flexibility index (Phi) is 2.92. The lowest BCUT2D eigenvalue weighted by molar-refractivity contribution is 0.0708. The van der Waals surface area contributed by atoms with Crippen LogP contribution in [0.3, 0.4) is 0 Å². The first-order chi connectivity index (χ1) is 10.7. The predicted molar refractivity (Wildman–Crippen MR) is 83.0 cm³/mol. The van der Waals surface area contributed by atoms with Crippen molar-refractivity contribution in [1.29, 1.82) is 0 Å². The number of amides is 1. The average Bonchev–Trinajstić information content (AvgIpc) is 2.52. The number of nitrogens with zero attached hydrogens (tertiary/aromatic N) is 4. The van der Waals surface area contributed by atoms with E-state index >= 15 is 0 Å². The number of fused-ring (bicyclic) bond motifs is 1. The molecule has 2 aromatic rings. The van der Waals surface area contributed by atoms with Crippen LogP contribution in [0.5, 0.6) is 0 Å². The van der Waals surface area contributed by atoms with E-state index < -0.39 is 6.09 Å². The Balaban J connectivity index is 1.50. The summed E-state index contributed by atoms with van der Waals surface area (Å²) < 4.78 is 0. The van der Waals surface area contributed by atoms with Gasteiger partial charge in [0, 0.05) is 37.0 Å². The summed E-state index contributed by atoms with van der Waals surface area (Å²) in [6.45, 7) is 3.21. The largest absolute Gasteiger partial charge is 0.465 e. The Morgan fingerprint density at radius 1 is 1.14 bits per heavy atom. The van der Waals surface area contributed by atoms with Gasteiger partial charge in [0.25, 0.3) is 0 Å². The molecule has 1 aromatic heterocycles. The molecule has 6 heteroatoms. The molecule has 2 fully saturated rings. The third-order valence-corrected chi connectivity index (χ3v) is 4.97. The quantitative estimate of drug-likeness (QED) is 0.874. The number of carbonyl (C=O) groups is 1. The molecule has 1 N–H and O–H groups in total. The summed E-state index contributed by atoms with van der Waals surface area (Å²) in [6, 6.07) is 8.05. The van der Waals surface area contributed by atoms with Crippen molar-refractivity contribution in [2.24, 2.45) is 5.41 Å². The molecule has 0 saturated carbocycles. The van der Waals surface area contributed by atoms with E-state index in [9.17, 15) is 4.79 Å². The van der Waals surface area contributed by atoms with Crippen LogP contribution in [-0.4, -0.2) is 52.2 Å². The molecule has 3 heterocycles. The fraction of sp³-hybridized carbons (Fsp3) is 0.438. The number of aromatic nitrogens is 2. The first kappa shape index (κ1) is 13.3. The fourth-order valence-corrected chi connectivity index (χ4v) is 3.64. The Labute approximate surface area is 128 Å². The van der Waals surface area contributed by atoms with E-state index in [1.807, 2.05) is 18.2 Å². The molecule has 0 bridgehead atoms. The standard InChI is InChI=1S/C16H18N4O2/c21-15(22)19-7-5-16(6-8-19)9-20(10-16)14-12-3-1-2-4-13(12)17-11-18-14/h1-4,11H,5-10H2,(H,21,22). The van der Waals surface area contributed by atoms with Crippen LogP contribution in [0.4, 0.5) is 10.6 Å². The van der Waals surface area contributed by atoms with Crippen LogP contribution in [0.25, 0.3) is 10.9 Å². The van der Waals surface area contributed by atoms with Crippen molar-refractivity contribution in [1.82, 2.24) is 14.9 Å². The molecule has 0 radical (unpaired) electrons. The second kappa shape index (κ2) is 4.83. The van der Waals surface area contributed by atoms with Crippen LogP contribution in [0.15, 0.2) is 30.6 Å². The molecule has 4 rings (SSSR count). The van der Waals surface area contributed by atoms with Gasteiger partial charge in [-0.1, -0.05) is 12.1 Å².